The zero-order valence-corrected chi connectivity index (χ0v) is 15.1. The second-order valence-electron chi connectivity index (χ2n) is 6.33. The molecule has 25 heavy (non-hydrogen) atoms. The van der Waals surface area contributed by atoms with E-state index in [1.54, 1.807) is 0 Å². The number of thiophene rings is 1. The lowest BCUT2D eigenvalue weighted by molar-refractivity contribution is -0.384. The molecule has 7 heteroatoms. The Morgan fingerprint density at radius 1 is 1.32 bits per heavy atom. The smallest absolute Gasteiger partial charge is 0.269 e. The summed E-state index contributed by atoms with van der Waals surface area (Å²) >= 11 is 1.82. The van der Waals surface area contributed by atoms with E-state index in [4.69, 9.17) is 0 Å². The second-order valence-corrected chi connectivity index (χ2v) is 7.33. The normalized spacial score (nSPS) is 20.1. The van der Waals surface area contributed by atoms with Crippen LogP contribution in [0, 0.1) is 10.1 Å². The van der Waals surface area contributed by atoms with E-state index >= 15 is 0 Å². The van der Waals surface area contributed by atoms with Crippen LogP contribution in [0.15, 0.2) is 35.7 Å². The van der Waals surface area contributed by atoms with Gasteiger partial charge in [-0.2, -0.15) is 0 Å². The van der Waals surface area contributed by atoms with Crippen molar-refractivity contribution in [3.8, 4) is 0 Å². The number of rotatable bonds is 5. The van der Waals surface area contributed by atoms with Crippen LogP contribution in [0.5, 0.6) is 0 Å². The fourth-order valence-corrected chi connectivity index (χ4v) is 4.47. The first-order valence-electron chi connectivity index (χ1n) is 8.32. The molecule has 0 saturated carbocycles. The Labute approximate surface area is 150 Å². The molecule has 0 aliphatic carbocycles. The highest BCUT2D eigenvalue weighted by atomic mass is 32.1. The van der Waals surface area contributed by atoms with Gasteiger partial charge in [-0.05, 0) is 49.4 Å². The minimum atomic E-state index is -0.473. The first-order chi connectivity index (χ1) is 12.0. The van der Waals surface area contributed by atoms with Gasteiger partial charge in [-0.1, -0.05) is 0 Å². The van der Waals surface area contributed by atoms with Crippen molar-refractivity contribution in [2.75, 3.05) is 13.1 Å². The first-order valence-corrected chi connectivity index (χ1v) is 9.20. The molecule has 3 rings (SSSR count). The van der Waals surface area contributed by atoms with Crippen molar-refractivity contribution >= 4 is 22.9 Å². The van der Waals surface area contributed by atoms with Crippen molar-refractivity contribution < 1.29 is 9.72 Å². The van der Waals surface area contributed by atoms with Crippen molar-refractivity contribution in [2.45, 2.75) is 32.4 Å². The third kappa shape index (κ3) is 3.72. The van der Waals surface area contributed by atoms with Crippen LogP contribution >= 0.6 is 11.3 Å². The molecule has 2 unspecified atom stereocenters. The predicted octanol–water partition coefficient (Wildman–Crippen LogP) is 3.39. The van der Waals surface area contributed by atoms with Crippen molar-refractivity contribution in [2.24, 2.45) is 0 Å². The maximum Gasteiger partial charge on any atom is 0.269 e. The van der Waals surface area contributed by atoms with Crippen LogP contribution in [0.3, 0.4) is 0 Å². The van der Waals surface area contributed by atoms with Crippen molar-refractivity contribution in [3.05, 3.63) is 61.8 Å². The van der Waals surface area contributed by atoms with Crippen LogP contribution in [0.1, 0.15) is 40.7 Å². The maximum absolute atomic E-state index is 12.2. The molecule has 2 aromatic rings. The van der Waals surface area contributed by atoms with Gasteiger partial charge in [-0.3, -0.25) is 19.8 Å². The predicted molar refractivity (Wildman–Crippen MR) is 98.0 cm³/mol. The van der Waals surface area contributed by atoms with Gasteiger partial charge < -0.3 is 5.32 Å². The quantitative estimate of drug-likeness (QED) is 0.656. The molecule has 1 N–H and O–H groups in total. The summed E-state index contributed by atoms with van der Waals surface area (Å²) in [6, 6.07) is 8.65. The fraction of sp³-hybridized carbons (Fsp3) is 0.389. The highest BCUT2D eigenvalue weighted by molar-refractivity contribution is 7.10. The van der Waals surface area contributed by atoms with Gasteiger partial charge in [0.2, 0.25) is 0 Å². The number of amides is 1. The lowest BCUT2D eigenvalue weighted by Gasteiger charge is -2.39. The summed E-state index contributed by atoms with van der Waals surface area (Å²) in [5, 5.41) is 15.7. The largest absolute Gasteiger partial charge is 0.351 e. The van der Waals surface area contributed by atoms with Gasteiger partial charge in [-0.25, -0.2) is 0 Å². The number of carbonyl (C=O) groups is 1. The topological polar surface area (TPSA) is 75.5 Å². The van der Waals surface area contributed by atoms with E-state index in [9.17, 15) is 14.9 Å². The van der Waals surface area contributed by atoms with Gasteiger partial charge in [0.1, 0.15) is 0 Å². The Bertz CT molecular complexity index is 772. The highest BCUT2D eigenvalue weighted by Gasteiger charge is 2.29. The van der Waals surface area contributed by atoms with Crippen LogP contribution in [0.25, 0.3) is 0 Å². The molecule has 0 saturated heterocycles. The van der Waals surface area contributed by atoms with E-state index in [-0.39, 0.29) is 11.6 Å². The van der Waals surface area contributed by atoms with E-state index in [0.717, 1.165) is 13.0 Å². The van der Waals surface area contributed by atoms with E-state index < -0.39 is 4.92 Å². The molecule has 1 aliphatic rings. The average molecular weight is 359 g/mol. The summed E-state index contributed by atoms with van der Waals surface area (Å²) in [5.74, 6) is -0.205. The van der Waals surface area contributed by atoms with Crippen LogP contribution in [-0.4, -0.2) is 34.9 Å². The number of nitro groups is 1. The molecule has 6 nitrogen and oxygen atoms in total. The molecular weight excluding hydrogens is 338 g/mol. The lowest BCUT2D eigenvalue weighted by Crippen LogP contribution is -2.44. The summed E-state index contributed by atoms with van der Waals surface area (Å²) in [5.41, 5.74) is 1.81. The van der Waals surface area contributed by atoms with Crippen molar-refractivity contribution in [1.29, 1.82) is 0 Å². The fourth-order valence-electron chi connectivity index (χ4n) is 3.38. The molecule has 2 atom stereocenters. The molecular formula is C18H21N3O3S. The third-order valence-electron chi connectivity index (χ3n) is 4.77. The molecule has 0 fully saturated rings. The van der Waals surface area contributed by atoms with E-state index in [0.29, 0.717) is 24.2 Å². The second kappa shape index (κ2) is 7.33. The minimum absolute atomic E-state index is 0.0147. The zero-order valence-electron chi connectivity index (χ0n) is 14.3. The molecule has 1 aliphatic heterocycles. The number of non-ortho nitro benzene ring substituents is 1. The van der Waals surface area contributed by atoms with Gasteiger partial charge >= 0.3 is 0 Å². The third-order valence-corrected chi connectivity index (χ3v) is 5.73. The number of carbonyl (C=O) groups excluding carboxylic acids is 1. The van der Waals surface area contributed by atoms with Crippen molar-refractivity contribution in [1.82, 2.24) is 10.2 Å². The molecule has 132 valence electrons. The summed E-state index contributed by atoms with van der Waals surface area (Å²) in [6.07, 6.45) is 1.05. The summed E-state index contributed by atoms with van der Waals surface area (Å²) in [7, 11) is 0. The Morgan fingerprint density at radius 3 is 2.72 bits per heavy atom. The van der Waals surface area contributed by atoms with Gasteiger partial charge in [0.25, 0.3) is 11.6 Å². The van der Waals surface area contributed by atoms with E-state index in [2.05, 4.69) is 35.5 Å². The SMILES string of the molecule is CC1Cc2sccc2C(C)N1CCNC(=O)c1ccc([N+](=O)[O-])cc1. The number of fused-ring (bicyclic) bond motifs is 1. The number of nitrogens with zero attached hydrogens (tertiary/aromatic N) is 2. The van der Waals surface area contributed by atoms with E-state index in [1.807, 2.05) is 11.3 Å². The molecule has 1 aromatic heterocycles. The number of nitrogens with one attached hydrogen (secondary N) is 1. The summed E-state index contributed by atoms with van der Waals surface area (Å²) in [6.45, 7) is 5.75. The summed E-state index contributed by atoms with van der Waals surface area (Å²) < 4.78 is 0. The number of hydrogen-bond acceptors (Lipinski definition) is 5. The molecule has 2 heterocycles. The number of hydrogen-bond donors (Lipinski definition) is 1. The average Bonchev–Trinajstić information content (AvgIpc) is 3.06. The standard InChI is InChI=1S/C18H21N3O3S/c1-12-11-17-16(7-10-25-17)13(2)20(12)9-8-19-18(22)14-3-5-15(6-4-14)21(23)24/h3-7,10,12-13H,8-9,11H2,1-2H3,(H,19,22). The van der Waals surface area contributed by atoms with Gasteiger partial charge in [0, 0.05) is 47.7 Å². The van der Waals surface area contributed by atoms with Crippen LogP contribution in [0.2, 0.25) is 0 Å². The molecule has 0 bridgehead atoms. The molecule has 1 aromatic carbocycles. The van der Waals surface area contributed by atoms with Gasteiger partial charge in [0.05, 0.1) is 4.92 Å². The Balaban J connectivity index is 1.55. The highest BCUT2D eigenvalue weighted by Crippen LogP contribution is 2.35. The number of benzene rings is 1. The molecule has 0 radical (unpaired) electrons. The van der Waals surface area contributed by atoms with Crippen LogP contribution in [-0.2, 0) is 6.42 Å². The Hall–Kier alpha value is -2.25. The zero-order chi connectivity index (χ0) is 18.0. The van der Waals surface area contributed by atoms with Gasteiger partial charge in [-0.15, -0.1) is 11.3 Å². The lowest BCUT2D eigenvalue weighted by atomic mass is 9.96. The molecule has 1 amide bonds. The maximum atomic E-state index is 12.2. The Kier molecular flexibility index (Phi) is 5.15. The van der Waals surface area contributed by atoms with Crippen LogP contribution < -0.4 is 5.32 Å². The minimum Gasteiger partial charge on any atom is -0.351 e. The monoisotopic (exact) mass is 359 g/mol. The van der Waals surface area contributed by atoms with Crippen LogP contribution in [0.4, 0.5) is 5.69 Å². The van der Waals surface area contributed by atoms with Gasteiger partial charge in [0.15, 0.2) is 0 Å². The Morgan fingerprint density at radius 2 is 2.04 bits per heavy atom. The molecule has 0 spiro atoms. The number of nitro benzene ring substituents is 1. The van der Waals surface area contributed by atoms with E-state index in [1.165, 1.54) is 34.7 Å². The van der Waals surface area contributed by atoms with Crippen molar-refractivity contribution in [3.63, 3.8) is 0 Å². The first kappa shape index (κ1) is 17.6. The summed E-state index contributed by atoms with van der Waals surface area (Å²) in [4.78, 5) is 26.2.